The molecule has 0 heterocycles. The molecule has 0 N–H and O–H groups in total. The van der Waals surface area contributed by atoms with Crippen LogP contribution in [0.4, 0.5) is 92.2 Å². The molecule has 1 radical (unpaired) electrons. The molecule has 0 aromatic carbocycles. The lowest BCUT2D eigenvalue weighted by atomic mass is 9.86. The van der Waals surface area contributed by atoms with E-state index in [0.29, 0.717) is 0 Å². The highest BCUT2D eigenvalue weighted by molar-refractivity contribution is 5.22. The summed E-state index contributed by atoms with van der Waals surface area (Å²) < 4.78 is 270. The maximum Gasteiger partial charge on any atom is 0.452 e. The molecule has 0 saturated carbocycles. The van der Waals surface area contributed by atoms with E-state index < -0.39 is 71.5 Å². The monoisotopic (exact) mass is 559 g/mol. The van der Waals surface area contributed by atoms with Gasteiger partial charge >= 0.3 is 59.4 Å². The van der Waals surface area contributed by atoms with E-state index in [-0.39, 0.29) is 0 Å². The van der Waals surface area contributed by atoms with Crippen molar-refractivity contribution in [1.29, 1.82) is 0 Å². The third-order valence-electron chi connectivity index (χ3n) is 3.72. The second-order valence-electron chi connectivity index (χ2n) is 5.91. The number of alkyl halides is 20. The van der Waals surface area contributed by atoms with Crippen LogP contribution in [0.15, 0.2) is 0 Å². The summed E-state index contributed by atoms with van der Waals surface area (Å²) in [7, 11) is 0. The Hall–Kier alpha value is -1.95. The summed E-state index contributed by atoms with van der Waals surface area (Å²) in [4.78, 5) is 0. The third kappa shape index (κ3) is 3.68. The Balaban J connectivity index is 7.10. The van der Waals surface area contributed by atoms with E-state index in [9.17, 15) is 97.3 Å². The van der Waals surface area contributed by atoms with Crippen molar-refractivity contribution in [2.75, 3.05) is 0 Å². The molecule has 0 spiro atoms. The molecular formula is C12F21O. The largest absolute Gasteiger partial charge is 0.452 e. The van der Waals surface area contributed by atoms with Crippen molar-refractivity contribution in [2.24, 2.45) is 0 Å². The first kappa shape index (κ1) is 32.0. The SMILES string of the molecule is [O]C(F)(F)C(F)(F)C(F)(F)C(F)(F)C(F)(F)C(F)(F)C(F)(F)C(F)(F)C(F)(F)C(F)(F)C#CF. The summed E-state index contributed by atoms with van der Waals surface area (Å²) in [5.74, 6) is -78.9. The van der Waals surface area contributed by atoms with Crippen LogP contribution < -0.4 is 0 Å². The minimum atomic E-state index is -9.21. The summed E-state index contributed by atoms with van der Waals surface area (Å²) in [5.41, 5.74) is 0. The van der Waals surface area contributed by atoms with Gasteiger partial charge in [0.1, 0.15) is 6.17 Å². The van der Waals surface area contributed by atoms with Gasteiger partial charge in [0.15, 0.2) is 0 Å². The summed E-state index contributed by atoms with van der Waals surface area (Å²) >= 11 is 0. The van der Waals surface area contributed by atoms with Gasteiger partial charge in [0.05, 0.1) is 0 Å². The molecule has 0 aliphatic heterocycles. The number of hydrogen-bond acceptors (Lipinski definition) is 0. The van der Waals surface area contributed by atoms with Crippen molar-refractivity contribution in [3.05, 3.63) is 0 Å². The van der Waals surface area contributed by atoms with E-state index in [0.717, 1.165) is 0 Å². The standard InChI is InChI=1S/C12F21O/c13-2-1-3(14,15)4(16,17)5(18,19)6(20,21)7(22,23)8(24,25)9(26,27)10(28,29)11(30,31)12(32,33)34. The zero-order valence-corrected chi connectivity index (χ0v) is 14.3. The molecular weight excluding hydrogens is 559 g/mol. The highest BCUT2D eigenvalue weighted by Crippen LogP contribution is 2.65. The van der Waals surface area contributed by atoms with E-state index in [4.69, 9.17) is 0 Å². The average Bonchev–Trinajstić information content (AvgIpc) is 2.59. The third-order valence-corrected chi connectivity index (χ3v) is 3.72. The Morgan fingerprint density at radius 1 is 0.353 bits per heavy atom. The first-order valence-electron chi connectivity index (χ1n) is 6.92. The molecule has 0 amide bonds. The molecule has 0 atom stereocenters. The Bertz CT molecular complexity index is 821. The lowest BCUT2D eigenvalue weighted by Crippen LogP contribution is -2.76. The van der Waals surface area contributed by atoms with Crippen LogP contribution in [0.1, 0.15) is 0 Å². The van der Waals surface area contributed by atoms with Crippen LogP contribution in [-0.4, -0.2) is 59.4 Å². The van der Waals surface area contributed by atoms with Gasteiger partial charge in [0.25, 0.3) is 0 Å². The Morgan fingerprint density at radius 3 is 0.765 bits per heavy atom. The predicted octanol–water partition coefficient (Wildman–Crippen LogP) is 6.66. The lowest BCUT2D eigenvalue weighted by molar-refractivity contribution is -0.482. The second kappa shape index (κ2) is 7.78. The van der Waals surface area contributed by atoms with Crippen molar-refractivity contribution in [2.45, 2.75) is 59.4 Å². The molecule has 0 saturated heterocycles. The van der Waals surface area contributed by atoms with Gasteiger partial charge < -0.3 is 0 Å². The van der Waals surface area contributed by atoms with Gasteiger partial charge in [-0.3, -0.25) is 0 Å². The van der Waals surface area contributed by atoms with Crippen molar-refractivity contribution in [1.82, 2.24) is 0 Å². The van der Waals surface area contributed by atoms with Crippen LogP contribution in [0, 0.1) is 12.1 Å². The number of halogens is 21. The smallest absolute Gasteiger partial charge is 0.192 e. The van der Waals surface area contributed by atoms with Crippen molar-refractivity contribution in [3.8, 4) is 12.1 Å². The molecule has 201 valence electrons. The molecule has 0 rings (SSSR count). The van der Waals surface area contributed by atoms with E-state index in [1.807, 2.05) is 0 Å². The van der Waals surface area contributed by atoms with E-state index in [1.165, 1.54) is 0 Å². The topological polar surface area (TPSA) is 19.9 Å². The van der Waals surface area contributed by atoms with E-state index in [1.54, 1.807) is 0 Å². The van der Waals surface area contributed by atoms with Gasteiger partial charge in [-0.05, 0) is 0 Å². The fourth-order valence-electron chi connectivity index (χ4n) is 1.70. The van der Waals surface area contributed by atoms with Crippen molar-refractivity contribution < 1.29 is 97.3 Å². The molecule has 34 heavy (non-hydrogen) atoms. The molecule has 0 aromatic rings. The maximum atomic E-state index is 13.3. The predicted molar refractivity (Wildman–Crippen MR) is 59.0 cm³/mol. The van der Waals surface area contributed by atoms with Crippen LogP contribution >= 0.6 is 0 Å². The van der Waals surface area contributed by atoms with Crippen LogP contribution in [0.3, 0.4) is 0 Å². The summed E-state index contributed by atoms with van der Waals surface area (Å²) in [6.07, 6.45) is -8.60. The fraction of sp³-hybridized carbons (Fsp3) is 0.833. The quantitative estimate of drug-likeness (QED) is 0.223. The number of rotatable bonds is 9. The second-order valence-corrected chi connectivity index (χ2v) is 5.91. The zero-order chi connectivity index (χ0) is 28.4. The minimum absolute atomic E-state index is 0.816. The van der Waals surface area contributed by atoms with Crippen LogP contribution in [0.2, 0.25) is 0 Å². The van der Waals surface area contributed by atoms with Crippen LogP contribution in [0.5, 0.6) is 0 Å². The lowest BCUT2D eigenvalue weighted by Gasteiger charge is -2.44. The summed E-state index contributed by atoms with van der Waals surface area (Å²) in [6, 6.07) is 0. The maximum absolute atomic E-state index is 13.3. The van der Waals surface area contributed by atoms with Gasteiger partial charge in [0, 0.05) is 5.92 Å². The highest BCUT2D eigenvalue weighted by Gasteiger charge is 2.97. The normalized spacial score (nSPS) is 16.3. The molecule has 1 nitrogen and oxygen atoms in total. The fourth-order valence-corrected chi connectivity index (χ4v) is 1.70. The Morgan fingerprint density at radius 2 is 0.559 bits per heavy atom. The van der Waals surface area contributed by atoms with Crippen molar-refractivity contribution >= 4 is 0 Å². The Kier molecular flexibility index (Phi) is 7.33. The van der Waals surface area contributed by atoms with Crippen LogP contribution in [-0.2, 0) is 5.11 Å². The van der Waals surface area contributed by atoms with Gasteiger partial charge in [-0.1, -0.05) is 0 Å². The molecule has 0 bridgehead atoms. The first-order chi connectivity index (χ1) is 14.3. The molecule has 0 fully saturated rings. The first-order valence-corrected chi connectivity index (χ1v) is 6.92. The minimum Gasteiger partial charge on any atom is -0.192 e. The van der Waals surface area contributed by atoms with Gasteiger partial charge in [-0.2, -0.15) is 92.9 Å². The van der Waals surface area contributed by atoms with E-state index >= 15 is 0 Å². The van der Waals surface area contributed by atoms with Crippen molar-refractivity contribution in [3.63, 3.8) is 0 Å². The molecule has 22 heteroatoms. The summed E-state index contributed by atoms with van der Waals surface area (Å²) in [6.45, 7) is 0. The van der Waals surface area contributed by atoms with Gasteiger partial charge in [-0.15, -0.1) is 4.39 Å². The van der Waals surface area contributed by atoms with Gasteiger partial charge in [0.2, 0.25) is 0 Å². The van der Waals surface area contributed by atoms with Gasteiger partial charge in [-0.25, -0.2) is 0 Å². The summed E-state index contributed by atoms with van der Waals surface area (Å²) in [5, 5.41) is 9.63. The molecule has 0 unspecified atom stereocenters. The van der Waals surface area contributed by atoms with Crippen LogP contribution in [0.25, 0.3) is 0 Å². The van der Waals surface area contributed by atoms with E-state index in [2.05, 4.69) is 0 Å². The molecule has 0 aliphatic carbocycles. The molecule has 0 aromatic heterocycles. The molecule has 0 aliphatic rings. The average molecular weight is 559 g/mol. The Labute approximate surface area is 170 Å². The highest BCUT2D eigenvalue weighted by atomic mass is 19.4. The number of hydrogen-bond donors (Lipinski definition) is 0. The zero-order valence-electron chi connectivity index (χ0n) is 14.3.